The monoisotopic (exact) mass is 303 g/mol. The van der Waals surface area contributed by atoms with Crippen LogP contribution >= 0.6 is 0 Å². The summed E-state index contributed by atoms with van der Waals surface area (Å²) in [5, 5.41) is 8.76. The summed E-state index contributed by atoms with van der Waals surface area (Å²) in [5.41, 5.74) is 2.97. The first-order valence-electron chi connectivity index (χ1n) is 8.11. The van der Waals surface area contributed by atoms with E-state index < -0.39 is 5.97 Å². The third-order valence-electron chi connectivity index (χ3n) is 4.12. The summed E-state index contributed by atoms with van der Waals surface area (Å²) in [6.07, 6.45) is 5.71. The lowest BCUT2D eigenvalue weighted by Gasteiger charge is -2.15. The van der Waals surface area contributed by atoms with Crippen molar-refractivity contribution in [1.29, 1.82) is 0 Å². The van der Waals surface area contributed by atoms with Gasteiger partial charge in [0, 0.05) is 25.1 Å². The van der Waals surface area contributed by atoms with E-state index in [1.807, 2.05) is 13.1 Å². The number of carbonyl (C=O) groups is 1. The maximum absolute atomic E-state index is 10.6. The predicted molar refractivity (Wildman–Crippen MR) is 87.1 cm³/mol. The molecule has 0 atom stereocenters. The largest absolute Gasteiger partial charge is 0.481 e. The van der Waals surface area contributed by atoms with Crippen LogP contribution in [0, 0.1) is 6.92 Å². The van der Waals surface area contributed by atoms with E-state index in [0.717, 1.165) is 48.4 Å². The molecule has 1 N–H and O–H groups in total. The molecule has 2 aromatic rings. The Morgan fingerprint density at radius 3 is 2.68 bits per heavy atom. The number of pyridine rings is 1. The first kappa shape index (κ1) is 16.5. The lowest BCUT2D eigenvalue weighted by atomic mass is 10.0. The topological polar surface area (TPSA) is 68.0 Å². The molecule has 5 heteroatoms. The number of hydrogen-bond acceptors (Lipinski definition) is 3. The molecular weight excluding hydrogens is 278 g/mol. The van der Waals surface area contributed by atoms with Gasteiger partial charge in [0.2, 0.25) is 0 Å². The summed E-state index contributed by atoms with van der Waals surface area (Å²) < 4.78 is 2.19. The van der Waals surface area contributed by atoms with Crippen molar-refractivity contribution >= 4 is 17.1 Å². The molecule has 0 aliphatic heterocycles. The van der Waals surface area contributed by atoms with Gasteiger partial charge in [-0.1, -0.05) is 13.8 Å². The van der Waals surface area contributed by atoms with Gasteiger partial charge in [-0.05, 0) is 44.2 Å². The number of fused-ring (bicyclic) bond motifs is 1. The molecule has 0 aliphatic carbocycles. The minimum Gasteiger partial charge on any atom is -0.481 e. The summed E-state index contributed by atoms with van der Waals surface area (Å²) in [5.74, 6) is 0.784. The Balaban J connectivity index is 2.30. The smallest absolute Gasteiger partial charge is 0.303 e. The second-order valence-corrected chi connectivity index (χ2v) is 5.84. The van der Waals surface area contributed by atoms with Crippen molar-refractivity contribution in [3.8, 4) is 0 Å². The number of rotatable bonds is 8. The van der Waals surface area contributed by atoms with Gasteiger partial charge in [-0.3, -0.25) is 4.79 Å². The molecule has 2 rings (SSSR count). The summed E-state index contributed by atoms with van der Waals surface area (Å²) in [6, 6.07) is 2.07. The van der Waals surface area contributed by atoms with E-state index in [4.69, 9.17) is 10.1 Å². The van der Waals surface area contributed by atoms with Crippen molar-refractivity contribution in [3.63, 3.8) is 0 Å². The van der Waals surface area contributed by atoms with E-state index in [2.05, 4.69) is 29.5 Å². The number of unbranched alkanes of at least 4 members (excludes halogenated alkanes) is 1. The average Bonchev–Trinajstić information content (AvgIpc) is 2.82. The highest BCUT2D eigenvalue weighted by atomic mass is 16.4. The number of aryl methyl sites for hydroxylation is 2. The number of carboxylic acid groups (broad SMARTS) is 1. The molecule has 0 bridgehead atoms. The highest BCUT2D eigenvalue weighted by molar-refractivity contribution is 5.72. The highest BCUT2D eigenvalue weighted by Crippen LogP contribution is 2.26. The average molecular weight is 303 g/mol. The summed E-state index contributed by atoms with van der Waals surface area (Å²) >= 11 is 0. The molecule has 2 aromatic heterocycles. The van der Waals surface area contributed by atoms with E-state index in [1.165, 1.54) is 0 Å². The van der Waals surface area contributed by atoms with E-state index in [1.54, 1.807) is 0 Å². The standard InChI is InChI=1S/C17H25N3O2/c1-4-13(5-2)16-19-14-10-12(3)11-18-17(14)20(16)9-7-6-8-15(21)22/h10-11,13H,4-9H2,1-3H3,(H,21,22). The second kappa shape index (κ2) is 7.38. The van der Waals surface area contributed by atoms with Gasteiger partial charge in [0.25, 0.3) is 0 Å². The summed E-state index contributed by atoms with van der Waals surface area (Å²) in [4.78, 5) is 20.0. The van der Waals surface area contributed by atoms with Crippen molar-refractivity contribution in [2.45, 2.75) is 65.3 Å². The van der Waals surface area contributed by atoms with Crippen LogP contribution in [0.25, 0.3) is 11.2 Å². The van der Waals surface area contributed by atoms with Crippen molar-refractivity contribution < 1.29 is 9.90 Å². The minimum absolute atomic E-state index is 0.222. The molecule has 5 nitrogen and oxygen atoms in total. The minimum atomic E-state index is -0.732. The number of imidazole rings is 1. The molecule has 120 valence electrons. The van der Waals surface area contributed by atoms with Crippen LogP contribution in [0.4, 0.5) is 0 Å². The fourth-order valence-electron chi connectivity index (χ4n) is 2.86. The zero-order valence-corrected chi connectivity index (χ0v) is 13.7. The Kier molecular flexibility index (Phi) is 5.52. The van der Waals surface area contributed by atoms with Crippen LogP contribution in [0.1, 0.15) is 63.3 Å². The molecule has 0 saturated heterocycles. The first-order valence-corrected chi connectivity index (χ1v) is 8.11. The summed E-state index contributed by atoms with van der Waals surface area (Å²) in [7, 11) is 0. The van der Waals surface area contributed by atoms with E-state index >= 15 is 0 Å². The quantitative estimate of drug-likeness (QED) is 0.751. The Bertz CT molecular complexity index is 645. The Morgan fingerprint density at radius 1 is 1.32 bits per heavy atom. The van der Waals surface area contributed by atoms with Gasteiger partial charge in [0.05, 0.1) is 0 Å². The van der Waals surface area contributed by atoms with E-state index in [0.29, 0.717) is 12.3 Å². The Hall–Kier alpha value is -1.91. The van der Waals surface area contributed by atoms with Gasteiger partial charge in [-0.2, -0.15) is 0 Å². The fraction of sp³-hybridized carbons (Fsp3) is 0.588. The maximum atomic E-state index is 10.6. The Labute approximate surface area is 131 Å². The van der Waals surface area contributed by atoms with Crippen LogP contribution in [0.15, 0.2) is 12.3 Å². The third kappa shape index (κ3) is 3.64. The van der Waals surface area contributed by atoms with Gasteiger partial charge in [0.15, 0.2) is 5.65 Å². The molecular formula is C17H25N3O2. The SMILES string of the molecule is CCC(CC)c1nc2cc(C)cnc2n1CCCCC(=O)O. The summed E-state index contributed by atoms with van der Waals surface area (Å²) in [6.45, 7) is 7.17. The number of carboxylic acids is 1. The number of aromatic nitrogens is 3. The zero-order valence-electron chi connectivity index (χ0n) is 13.7. The van der Waals surface area contributed by atoms with Gasteiger partial charge in [-0.25, -0.2) is 9.97 Å². The molecule has 0 unspecified atom stereocenters. The highest BCUT2D eigenvalue weighted by Gasteiger charge is 2.18. The second-order valence-electron chi connectivity index (χ2n) is 5.84. The van der Waals surface area contributed by atoms with Crippen molar-refractivity contribution in [2.75, 3.05) is 0 Å². The molecule has 0 spiro atoms. The number of nitrogens with zero attached hydrogens (tertiary/aromatic N) is 3. The molecule has 2 heterocycles. The van der Waals surface area contributed by atoms with Crippen LogP contribution in [0.2, 0.25) is 0 Å². The molecule has 0 aromatic carbocycles. The van der Waals surface area contributed by atoms with Gasteiger partial charge in [-0.15, -0.1) is 0 Å². The fourth-order valence-corrected chi connectivity index (χ4v) is 2.86. The number of aliphatic carboxylic acids is 1. The first-order chi connectivity index (χ1) is 10.6. The normalized spacial score (nSPS) is 11.5. The van der Waals surface area contributed by atoms with Crippen molar-refractivity contribution in [2.24, 2.45) is 0 Å². The van der Waals surface area contributed by atoms with Crippen molar-refractivity contribution in [3.05, 3.63) is 23.7 Å². The van der Waals surface area contributed by atoms with Crippen LogP contribution < -0.4 is 0 Å². The van der Waals surface area contributed by atoms with Gasteiger partial charge >= 0.3 is 5.97 Å². The molecule has 0 fully saturated rings. The van der Waals surface area contributed by atoms with Gasteiger partial charge < -0.3 is 9.67 Å². The Morgan fingerprint density at radius 2 is 2.05 bits per heavy atom. The molecule has 0 saturated carbocycles. The van der Waals surface area contributed by atoms with Gasteiger partial charge in [0.1, 0.15) is 11.3 Å². The third-order valence-corrected chi connectivity index (χ3v) is 4.12. The van der Waals surface area contributed by atoms with Crippen LogP contribution in [0.3, 0.4) is 0 Å². The molecule has 0 aliphatic rings. The molecule has 22 heavy (non-hydrogen) atoms. The van der Waals surface area contributed by atoms with E-state index in [-0.39, 0.29) is 6.42 Å². The lowest BCUT2D eigenvalue weighted by molar-refractivity contribution is -0.137. The predicted octanol–water partition coefficient (Wildman–Crippen LogP) is 3.90. The van der Waals surface area contributed by atoms with E-state index in [9.17, 15) is 4.79 Å². The molecule has 0 radical (unpaired) electrons. The molecule has 0 amide bonds. The zero-order chi connectivity index (χ0) is 16.1. The lowest BCUT2D eigenvalue weighted by Crippen LogP contribution is -2.09. The van der Waals surface area contributed by atoms with Crippen LogP contribution in [-0.2, 0) is 11.3 Å². The van der Waals surface area contributed by atoms with Crippen LogP contribution in [-0.4, -0.2) is 25.6 Å². The van der Waals surface area contributed by atoms with Crippen molar-refractivity contribution in [1.82, 2.24) is 14.5 Å². The number of hydrogen-bond donors (Lipinski definition) is 1. The maximum Gasteiger partial charge on any atom is 0.303 e. The van der Waals surface area contributed by atoms with Crippen LogP contribution in [0.5, 0.6) is 0 Å².